The van der Waals surface area contributed by atoms with Crippen LogP contribution in [0.15, 0.2) is 0 Å². The van der Waals surface area contributed by atoms with Crippen molar-refractivity contribution in [2.24, 2.45) is 0 Å². The monoisotopic (exact) mass is 260 g/mol. The van der Waals surface area contributed by atoms with Gasteiger partial charge in [0.15, 0.2) is 0 Å². The van der Waals surface area contributed by atoms with Gasteiger partial charge < -0.3 is 0 Å². The van der Waals surface area contributed by atoms with Gasteiger partial charge in [0.2, 0.25) is 0 Å². The lowest BCUT2D eigenvalue weighted by Crippen LogP contribution is -2.71. The van der Waals surface area contributed by atoms with Gasteiger partial charge in [0.25, 0.3) is 0 Å². The second-order valence-electron chi connectivity index (χ2n) is 5.68. The minimum atomic E-state index is -0.172. The Kier molecular flexibility index (Phi) is 6.70. The van der Waals surface area contributed by atoms with Gasteiger partial charge in [-0.15, -0.1) is 0 Å². The number of hydrogen-bond donors (Lipinski definition) is 0. The lowest BCUT2D eigenvalue weighted by atomic mass is 10.2. The van der Waals surface area contributed by atoms with Gasteiger partial charge in [-0.25, -0.2) is 10.0 Å². The predicted molar refractivity (Wildman–Crippen MR) is 77.9 cm³/mol. The molecule has 0 fully saturated rings. The molecule has 0 aliphatic heterocycles. The molecule has 0 aromatic heterocycles. The Morgan fingerprint density at radius 1 is 0.556 bits per heavy atom. The zero-order valence-corrected chi connectivity index (χ0v) is 13.9. The standard InChI is InChI=1S/C12H32N6/c1-13(2)12(14(3)4,15(5)6)11-18(16(7)8)17(9)10/h11H2,1-10H3. The van der Waals surface area contributed by atoms with E-state index in [2.05, 4.69) is 100 Å². The highest BCUT2D eigenvalue weighted by atomic mass is 15.8. The molecule has 0 N–H and O–H groups in total. The molecule has 18 heavy (non-hydrogen) atoms. The molecule has 0 aliphatic rings. The van der Waals surface area contributed by atoms with Crippen LogP contribution in [-0.2, 0) is 0 Å². The van der Waals surface area contributed by atoms with E-state index in [-0.39, 0.29) is 5.79 Å². The van der Waals surface area contributed by atoms with Crippen LogP contribution in [0.25, 0.3) is 0 Å². The van der Waals surface area contributed by atoms with Gasteiger partial charge >= 0.3 is 0 Å². The van der Waals surface area contributed by atoms with Crippen LogP contribution in [0.2, 0.25) is 0 Å². The number of rotatable bonds is 7. The van der Waals surface area contributed by atoms with Crippen LogP contribution >= 0.6 is 0 Å². The maximum Gasteiger partial charge on any atom is 0.145 e. The molecule has 0 rings (SSSR count). The molecular weight excluding hydrogens is 228 g/mol. The summed E-state index contributed by atoms with van der Waals surface area (Å²) in [6.45, 7) is 0.847. The Morgan fingerprint density at radius 3 is 1.00 bits per heavy atom. The number of hydrazine groups is 2. The van der Waals surface area contributed by atoms with E-state index in [1.54, 1.807) is 0 Å². The Hall–Kier alpha value is -0.240. The molecule has 0 saturated carbocycles. The molecule has 0 bridgehead atoms. The van der Waals surface area contributed by atoms with Crippen molar-refractivity contribution in [1.82, 2.24) is 29.8 Å². The van der Waals surface area contributed by atoms with Crippen molar-refractivity contribution in [1.29, 1.82) is 0 Å². The second-order valence-corrected chi connectivity index (χ2v) is 5.68. The zero-order chi connectivity index (χ0) is 14.7. The van der Waals surface area contributed by atoms with Crippen LogP contribution in [-0.4, -0.2) is 113 Å². The molecule has 0 aromatic rings. The molecule has 0 radical (unpaired) electrons. The summed E-state index contributed by atoms with van der Waals surface area (Å²) < 4.78 is 0. The molecule has 0 saturated heterocycles. The van der Waals surface area contributed by atoms with E-state index in [0.717, 1.165) is 6.54 Å². The largest absolute Gasteiger partial charge is 0.278 e. The van der Waals surface area contributed by atoms with E-state index in [0.29, 0.717) is 0 Å². The quantitative estimate of drug-likeness (QED) is 0.454. The third-order valence-electron chi connectivity index (χ3n) is 3.43. The Labute approximate surface area is 113 Å². The van der Waals surface area contributed by atoms with Crippen LogP contribution in [0.3, 0.4) is 0 Å². The maximum absolute atomic E-state index is 2.24. The lowest BCUT2D eigenvalue weighted by molar-refractivity contribution is -0.212. The summed E-state index contributed by atoms with van der Waals surface area (Å²) in [4.78, 5) is 6.73. The summed E-state index contributed by atoms with van der Waals surface area (Å²) in [5.74, 6) is -0.172. The van der Waals surface area contributed by atoms with Crippen molar-refractivity contribution < 1.29 is 0 Å². The average Bonchev–Trinajstić information content (AvgIpc) is 2.15. The van der Waals surface area contributed by atoms with Crippen molar-refractivity contribution >= 4 is 0 Å². The van der Waals surface area contributed by atoms with E-state index in [9.17, 15) is 0 Å². The van der Waals surface area contributed by atoms with Gasteiger partial charge in [-0.05, 0) is 42.3 Å². The molecular formula is C12H32N6. The molecule has 0 amide bonds. The summed E-state index contributed by atoms with van der Waals surface area (Å²) in [5.41, 5.74) is 0. The average molecular weight is 260 g/mol. The van der Waals surface area contributed by atoms with Gasteiger partial charge in [-0.2, -0.15) is 5.12 Å². The van der Waals surface area contributed by atoms with Crippen molar-refractivity contribution in [3.05, 3.63) is 0 Å². The van der Waals surface area contributed by atoms with Crippen molar-refractivity contribution in [2.45, 2.75) is 5.79 Å². The molecule has 6 nitrogen and oxygen atoms in total. The van der Waals surface area contributed by atoms with Gasteiger partial charge in [0.1, 0.15) is 5.79 Å². The first-order valence-electron chi connectivity index (χ1n) is 6.21. The van der Waals surface area contributed by atoms with E-state index >= 15 is 0 Å². The normalized spacial score (nSPS) is 14.0. The Morgan fingerprint density at radius 2 is 0.833 bits per heavy atom. The first-order chi connectivity index (χ1) is 8.07. The van der Waals surface area contributed by atoms with Crippen LogP contribution in [0, 0.1) is 0 Å². The van der Waals surface area contributed by atoms with Crippen molar-refractivity contribution in [3.8, 4) is 0 Å². The highest BCUT2D eigenvalue weighted by molar-refractivity contribution is 4.84. The molecule has 0 aliphatic carbocycles. The third-order valence-corrected chi connectivity index (χ3v) is 3.43. The smallest absolute Gasteiger partial charge is 0.145 e. The highest BCUT2D eigenvalue weighted by Gasteiger charge is 2.40. The fourth-order valence-corrected chi connectivity index (χ4v) is 2.45. The number of hydrogen-bond acceptors (Lipinski definition) is 6. The second kappa shape index (κ2) is 6.79. The van der Waals surface area contributed by atoms with Gasteiger partial charge in [-0.1, -0.05) is 0 Å². The van der Waals surface area contributed by atoms with Crippen LogP contribution in [0.5, 0.6) is 0 Å². The number of nitrogens with zero attached hydrogens (tertiary/aromatic N) is 6. The minimum absolute atomic E-state index is 0.172. The van der Waals surface area contributed by atoms with E-state index < -0.39 is 0 Å². The van der Waals surface area contributed by atoms with Gasteiger partial charge in [0, 0.05) is 28.2 Å². The molecule has 6 heteroatoms. The molecule has 0 unspecified atom stereocenters. The molecule has 110 valence electrons. The van der Waals surface area contributed by atoms with E-state index in [4.69, 9.17) is 0 Å². The molecule has 0 aromatic carbocycles. The van der Waals surface area contributed by atoms with Crippen LogP contribution in [0.4, 0.5) is 0 Å². The Bertz CT molecular complexity index is 207. The molecule has 0 atom stereocenters. The summed E-state index contributed by atoms with van der Waals surface area (Å²) in [6.07, 6.45) is 0. The predicted octanol–water partition coefficient (Wildman–Crippen LogP) is -0.420. The zero-order valence-electron chi connectivity index (χ0n) is 13.9. The third kappa shape index (κ3) is 3.63. The fourth-order valence-electron chi connectivity index (χ4n) is 2.45. The summed E-state index contributed by atoms with van der Waals surface area (Å²) in [5, 5.41) is 6.41. The van der Waals surface area contributed by atoms with Crippen molar-refractivity contribution in [2.75, 3.05) is 77.0 Å². The summed E-state index contributed by atoms with van der Waals surface area (Å²) in [7, 11) is 20.9. The van der Waals surface area contributed by atoms with E-state index in [1.807, 2.05) is 0 Å². The summed E-state index contributed by atoms with van der Waals surface area (Å²) >= 11 is 0. The van der Waals surface area contributed by atoms with Crippen LogP contribution in [0.1, 0.15) is 0 Å². The SMILES string of the molecule is CN(C)N(CC(N(C)C)(N(C)C)N(C)C)N(C)C. The molecule has 0 spiro atoms. The molecule has 0 heterocycles. The van der Waals surface area contributed by atoms with Gasteiger partial charge in [0.05, 0.1) is 6.54 Å². The topological polar surface area (TPSA) is 19.4 Å². The first kappa shape index (κ1) is 17.8. The first-order valence-corrected chi connectivity index (χ1v) is 6.21. The maximum atomic E-state index is 2.24. The van der Waals surface area contributed by atoms with Gasteiger partial charge in [-0.3, -0.25) is 14.7 Å². The Balaban J connectivity index is 5.33. The van der Waals surface area contributed by atoms with Crippen LogP contribution < -0.4 is 0 Å². The lowest BCUT2D eigenvalue weighted by Gasteiger charge is -2.53. The van der Waals surface area contributed by atoms with E-state index in [1.165, 1.54) is 0 Å². The van der Waals surface area contributed by atoms with Crippen molar-refractivity contribution in [3.63, 3.8) is 0 Å². The summed E-state index contributed by atoms with van der Waals surface area (Å²) in [6, 6.07) is 0. The minimum Gasteiger partial charge on any atom is -0.278 e. The fraction of sp³-hybridized carbons (Fsp3) is 1.00. The number of likely N-dealkylation sites (N-methyl/N-ethyl adjacent to an activating group) is 3. The highest BCUT2D eigenvalue weighted by Crippen LogP contribution is 2.20.